The van der Waals surface area contributed by atoms with Gasteiger partial charge in [0.15, 0.2) is 0 Å². The zero-order valence-corrected chi connectivity index (χ0v) is 17.3. The first kappa shape index (κ1) is 21.2. The Morgan fingerprint density at radius 3 is 2.33 bits per heavy atom. The summed E-state index contributed by atoms with van der Waals surface area (Å²) in [6.45, 7) is 10.3. The summed E-state index contributed by atoms with van der Waals surface area (Å²) in [6, 6.07) is 7.21. The fourth-order valence-electron chi connectivity index (χ4n) is 3.13. The van der Waals surface area contributed by atoms with Crippen LogP contribution in [0.2, 0.25) is 0 Å². The van der Waals surface area contributed by atoms with Crippen LogP contribution < -0.4 is 10.1 Å². The van der Waals surface area contributed by atoms with E-state index in [0.29, 0.717) is 19.5 Å². The summed E-state index contributed by atoms with van der Waals surface area (Å²) in [5.74, 6) is 0.398. The van der Waals surface area contributed by atoms with Crippen molar-refractivity contribution in [1.29, 1.82) is 0 Å². The minimum atomic E-state index is -0.787. The lowest BCUT2D eigenvalue weighted by Gasteiger charge is -2.34. The molecule has 1 saturated heterocycles. The Labute approximate surface area is 162 Å². The Kier molecular flexibility index (Phi) is 6.52. The summed E-state index contributed by atoms with van der Waals surface area (Å²) in [6.07, 6.45) is 1.46. The molecular weight excluding hydrogens is 344 g/mol. The van der Waals surface area contributed by atoms with Gasteiger partial charge in [-0.2, -0.15) is 0 Å². The van der Waals surface area contributed by atoms with Crippen molar-refractivity contribution in [3.8, 4) is 5.75 Å². The number of rotatable bonds is 6. The average Bonchev–Trinajstić information content (AvgIpc) is 3.08. The molecule has 1 fully saturated rings. The van der Waals surface area contributed by atoms with Crippen molar-refractivity contribution in [3.63, 3.8) is 0 Å². The topological polar surface area (TPSA) is 67.9 Å². The maximum Gasteiger partial charge on any atom is 0.329 e. The second-order valence-corrected chi connectivity index (χ2v) is 8.52. The van der Waals surface area contributed by atoms with Crippen LogP contribution in [0.1, 0.15) is 53.0 Å². The minimum Gasteiger partial charge on any atom is -0.497 e. The highest BCUT2D eigenvalue weighted by Gasteiger charge is 2.42. The van der Waals surface area contributed by atoms with Crippen molar-refractivity contribution in [3.05, 3.63) is 29.8 Å². The normalized spacial score (nSPS) is 17.7. The lowest BCUT2D eigenvalue weighted by Crippen LogP contribution is -2.56. The van der Waals surface area contributed by atoms with Crippen molar-refractivity contribution < 1.29 is 19.1 Å². The lowest BCUT2D eigenvalue weighted by atomic mass is 10.0. The molecule has 1 unspecified atom stereocenters. The van der Waals surface area contributed by atoms with E-state index in [1.807, 2.05) is 58.9 Å². The average molecular weight is 376 g/mol. The number of amides is 1. The summed E-state index contributed by atoms with van der Waals surface area (Å²) in [7, 11) is 1.63. The number of hydrogen-bond acceptors (Lipinski definition) is 5. The van der Waals surface area contributed by atoms with E-state index in [-0.39, 0.29) is 11.9 Å². The van der Waals surface area contributed by atoms with Crippen LogP contribution in [0.25, 0.3) is 0 Å². The number of carbonyl (C=O) groups is 2. The summed E-state index contributed by atoms with van der Waals surface area (Å²) >= 11 is 0. The summed E-state index contributed by atoms with van der Waals surface area (Å²) < 4.78 is 10.7. The van der Waals surface area contributed by atoms with E-state index in [0.717, 1.165) is 17.7 Å². The fraction of sp³-hybridized carbons (Fsp3) is 0.619. The molecule has 2 rings (SSSR count). The Morgan fingerprint density at radius 2 is 1.78 bits per heavy atom. The Hall–Kier alpha value is -2.08. The van der Waals surface area contributed by atoms with Gasteiger partial charge in [0.25, 0.3) is 0 Å². The first-order valence-corrected chi connectivity index (χ1v) is 9.45. The van der Waals surface area contributed by atoms with E-state index in [1.165, 1.54) is 0 Å². The van der Waals surface area contributed by atoms with E-state index in [1.54, 1.807) is 12.0 Å². The van der Waals surface area contributed by atoms with Crippen LogP contribution in [0, 0.1) is 0 Å². The molecule has 0 radical (unpaired) electrons. The van der Waals surface area contributed by atoms with Gasteiger partial charge in [0.2, 0.25) is 5.91 Å². The van der Waals surface area contributed by atoms with Crippen LogP contribution >= 0.6 is 0 Å². The van der Waals surface area contributed by atoms with Gasteiger partial charge in [-0.1, -0.05) is 12.1 Å². The predicted molar refractivity (Wildman–Crippen MR) is 104 cm³/mol. The Balaban J connectivity index is 2.01. The molecule has 1 aliphatic heterocycles. The van der Waals surface area contributed by atoms with Crippen molar-refractivity contribution >= 4 is 11.9 Å². The van der Waals surface area contributed by atoms with Gasteiger partial charge in [0.1, 0.15) is 17.4 Å². The standard InChI is InChI=1S/C21H32N2O4/c1-20(2,3)27-18(24)17-8-7-13-23(17)19(25)21(4,5)22-14-15-9-11-16(26-6)12-10-15/h9-12,17,22H,7-8,13-14H2,1-6H3. The molecule has 6 nitrogen and oxygen atoms in total. The van der Waals surface area contributed by atoms with E-state index in [9.17, 15) is 9.59 Å². The number of methoxy groups -OCH3 is 1. The van der Waals surface area contributed by atoms with Crippen LogP contribution in [-0.4, -0.2) is 47.6 Å². The highest BCUT2D eigenvalue weighted by molar-refractivity contribution is 5.90. The van der Waals surface area contributed by atoms with Gasteiger partial charge < -0.3 is 14.4 Å². The third kappa shape index (κ3) is 5.70. The molecule has 0 bridgehead atoms. The van der Waals surface area contributed by atoms with Crippen molar-refractivity contribution in [2.75, 3.05) is 13.7 Å². The van der Waals surface area contributed by atoms with Gasteiger partial charge in [0.05, 0.1) is 12.6 Å². The van der Waals surface area contributed by atoms with Crippen molar-refractivity contribution in [2.45, 2.75) is 71.2 Å². The number of likely N-dealkylation sites (tertiary alicyclic amines) is 1. The first-order chi connectivity index (χ1) is 12.5. The largest absolute Gasteiger partial charge is 0.497 e. The lowest BCUT2D eigenvalue weighted by molar-refractivity contribution is -0.164. The highest BCUT2D eigenvalue weighted by Crippen LogP contribution is 2.24. The third-order valence-corrected chi connectivity index (χ3v) is 4.62. The molecular formula is C21H32N2O4. The molecule has 0 saturated carbocycles. The van der Waals surface area contributed by atoms with Gasteiger partial charge in [0, 0.05) is 13.1 Å². The summed E-state index contributed by atoms with van der Waals surface area (Å²) in [4.78, 5) is 27.3. The van der Waals surface area contributed by atoms with Gasteiger partial charge in [-0.05, 0) is 65.2 Å². The zero-order valence-electron chi connectivity index (χ0n) is 17.3. The number of ether oxygens (including phenoxy) is 2. The van der Waals surface area contributed by atoms with Crippen LogP contribution in [0.5, 0.6) is 5.75 Å². The van der Waals surface area contributed by atoms with Crippen LogP contribution in [-0.2, 0) is 20.9 Å². The van der Waals surface area contributed by atoms with Crippen LogP contribution in [0.15, 0.2) is 24.3 Å². The first-order valence-electron chi connectivity index (χ1n) is 9.45. The molecule has 0 aliphatic carbocycles. The smallest absolute Gasteiger partial charge is 0.329 e. The molecule has 150 valence electrons. The molecule has 1 amide bonds. The Morgan fingerprint density at radius 1 is 1.15 bits per heavy atom. The molecule has 27 heavy (non-hydrogen) atoms. The quantitative estimate of drug-likeness (QED) is 0.773. The van der Waals surface area contributed by atoms with Gasteiger partial charge in [-0.25, -0.2) is 4.79 Å². The second-order valence-electron chi connectivity index (χ2n) is 8.52. The molecule has 1 N–H and O–H groups in total. The van der Waals surface area contributed by atoms with E-state index < -0.39 is 17.2 Å². The third-order valence-electron chi connectivity index (χ3n) is 4.62. The number of nitrogens with zero attached hydrogens (tertiary/aromatic N) is 1. The maximum atomic E-state index is 13.1. The zero-order chi connectivity index (χ0) is 20.2. The molecule has 1 aromatic carbocycles. The number of nitrogens with one attached hydrogen (secondary N) is 1. The van der Waals surface area contributed by atoms with Gasteiger partial charge >= 0.3 is 5.97 Å². The molecule has 1 atom stereocenters. The second kappa shape index (κ2) is 8.30. The molecule has 6 heteroatoms. The van der Waals surface area contributed by atoms with Crippen LogP contribution in [0.3, 0.4) is 0 Å². The fourth-order valence-corrected chi connectivity index (χ4v) is 3.13. The number of esters is 1. The SMILES string of the molecule is COc1ccc(CNC(C)(C)C(=O)N2CCCC2C(=O)OC(C)(C)C)cc1. The van der Waals surface area contributed by atoms with Crippen molar-refractivity contribution in [2.24, 2.45) is 0 Å². The molecule has 0 aromatic heterocycles. The number of hydrogen-bond donors (Lipinski definition) is 1. The maximum absolute atomic E-state index is 13.1. The summed E-state index contributed by atoms with van der Waals surface area (Å²) in [5, 5.41) is 3.31. The number of benzene rings is 1. The van der Waals surface area contributed by atoms with Crippen LogP contribution in [0.4, 0.5) is 0 Å². The Bertz CT molecular complexity index is 662. The van der Waals surface area contributed by atoms with E-state index >= 15 is 0 Å². The molecule has 1 heterocycles. The van der Waals surface area contributed by atoms with E-state index in [2.05, 4.69) is 5.32 Å². The van der Waals surface area contributed by atoms with E-state index in [4.69, 9.17) is 9.47 Å². The minimum absolute atomic E-state index is 0.0793. The van der Waals surface area contributed by atoms with Gasteiger partial charge in [-0.3, -0.25) is 10.1 Å². The van der Waals surface area contributed by atoms with Gasteiger partial charge in [-0.15, -0.1) is 0 Å². The van der Waals surface area contributed by atoms with Crippen molar-refractivity contribution in [1.82, 2.24) is 10.2 Å². The summed E-state index contributed by atoms with van der Waals surface area (Å²) in [5.41, 5.74) is -0.289. The predicted octanol–water partition coefficient (Wildman–Crippen LogP) is 2.90. The highest BCUT2D eigenvalue weighted by atomic mass is 16.6. The monoisotopic (exact) mass is 376 g/mol. The molecule has 1 aliphatic rings. The molecule has 1 aromatic rings. The molecule has 0 spiro atoms. The number of carbonyl (C=O) groups excluding carboxylic acids is 2.